The van der Waals surface area contributed by atoms with Crippen LogP contribution in [0.2, 0.25) is 0 Å². The summed E-state index contributed by atoms with van der Waals surface area (Å²) in [6.45, 7) is 6.92. The van der Waals surface area contributed by atoms with E-state index in [1.165, 1.54) is 18.4 Å². The lowest BCUT2D eigenvalue weighted by atomic mass is 9.85. The highest BCUT2D eigenvalue weighted by atomic mass is 79.9. The van der Waals surface area contributed by atoms with Crippen molar-refractivity contribution >= 4 is 31.9 Å². The SMILES string of the molecule is CC(C)(C)CCC(CBr)c1ccc(Br)cc1. The van der Waals surface area contributed by atoms with Gasteiger partial charge in [0.25, 0.3) is 0 Å². The van der Waals surface area contributed by atoms with Crippen LogP contribution in [0.15, 0.2) is 28.7 Å². The fourth-order valence-corrected chi connectivity index (χ4v) is 2.64. The van der Waals surface area contributed by atoms with Gasteiger partial charge in [0, 0.05) is 9.80 Å². The molecule has 16 heavy (non-hydrogen) atoms. The van der Waals surface area contributed by atoms with Crippen LogP contribution in [0.4, 0.5) is 0 Å². The molecule has 0 heterocycles. The third kappa shape index (κ3) is 5.01. The Morgan fingerprint density at radius 3 is 2.12 bits per heavy atom. The van der Waals surface area contributed by atoms with Gasteiger partial charge in [-0.1, -0.05) is 64.8 Å². The van der Waals surface area contributed by atoms with E-state index in [1.54, 1.807) is 0 Å². The molecule has 1 aromatic rings. The fraction of sp³-hybridized carbons (Fsp3) is 0.571. The van der Waals surface area contributed by atoms with Crippen molar-refractivity contribution in [1.82, 2.24) is 0 Å². The number of alkyl halides is 1. The van der Waals surface area contributed by atoms with Crippen molar-refractivity contribution in [3.05, 3.63) is 34.3 Å². The van der Waals surface area contributed by atoms with Gasteiger partial charge in [-0.2, -0.15) is 0 Å². The van der Waals surface area contributed by atoms with Crippen molar-refractivity contribution in [2.75, 3.05) is 5.33 Å². The van der Waals surface area contributed by atoms with Crippen molar-refractivity contribution in [2.45, 2.75) is 39.5 Å². The van der Waals surface area contributed by atoms with Gasteiger partial charge in [0.2, 0.25) is 0 Å². The molecule has 1 unspecified atom stereocenters. The third-order valence-electron chi connectivity index (χ3n) is 2.77. The van der Waals surface area contributed by atoms with Gasteiger partial charge >= 0.3 is 0 Å². The molecule has 0 N–H and O–H groups in total. The molecule has 0 spiro atoms. The van der Waals surface area contributed by atoms with Gasteiger partial charge in [0.15, 0.2) is 0 Å². The van der Waals surface area contributed by atoms with Crippen LogP contribution in [0.25, 0.3) is 0 Å². The zero-order valence-corrected chi connectivity index (χ0v) is 13.4. The first-order chi connectivity index (χ1) is 7.42. The van der Waals surface area contributed by atoms with E-state index in [-0.39, 0.29) is 0 Å². The number of hydrogen-bond acceptors (Lipinski definition) is 0. The third-order valence-corrected chi connectivity index (χ3v) is 4.08. The van der Waals surface area contributed by atoms with E-state index in [2.05, 4.69) is 76.9 Å². The average Bonchev–Trinajstić information content (AvgIpc) is 2.20. The van der Waals surface area contributed by atoms with Gasteiger partial charge in [-0.25, -0.2) is 0 Å². The minimum Gasteiger partial charge on any atom is -0.0921 e. The Hall–Kier alpha value is 0.180. The first-order valence-electron chi connectivity index (χ1n) is 5.74. The molecule has 1 atom stereocenters. The van der Waals surface area contributed by atoms with Crippen LogP contribution in [-0.2, 0) is 0 Å². The molecule has 0 saturated carbocycles. The molecule has 90 valence electrons. The molecule has 1 rings (SSSR count). The zero-order valence-electron chi connectivity index (χ0n) is 10.3. The smallest absolute Gasteiger partial charge is 0.0175 e. The quantitative estimate of drug-likeness (QED) is 0.608. The molecule has 0 radical (unpaired) electrons. The molecular formula is C14H20Br2. The number of halogens is 2. The molecule has 0 aliphatic heterocycles. The molecule has 0 bridgehead atoms. The number of hydrogen-bond donors (Lipinski definition) is 0. The molecule has 1 aromatic carbocycles. The normalized spacial score (nSPS) is 13.8. The standard InChI is InChI=1S/C14H20Br2/c1-14(2,3)9-8-12(10-15)11-4-6-13(16)7-5-11/h4-7,12H,8-10H2,1-3H3. The Morgan fingerprint density at radius 1 is 1.12 bits per heavy atom. The summed E-state index contributed by atoms with van der Waals surface area (Å²) in [7, 11) is 0. The minimum absolute atomic E-state index is 0.426. The highest BCUT2D eigenvalue weighted by molar-refractivity contribution is 9.10. The predicted molar refractivity (Wildman–Crippen MR) is 79.4 cm³/mol. The highest BCUT2D eigenvalue weighted by Gasteiger charge is 2.15. The molecule has 0 aliphatic carbocycles. The van der Waals surface area contributed by atoms with Crippen LogP contribution in [0, 0.1) is 5.41 Å². The monoisotopic (exact) mass is 346 g/mol. The molecule has 0 aliphatic rings. The van der Waals surface area contributed by atoms with Crippen molar-refractivity contribution < 1.29 is 0 Å². The molecule has 0 aromatic heterocycles. The summed E-state index contributed by atoms with van der Waals surface area (Å²) in [6, 6.07) is 8.70. The lowest BCUT2D eigenvalue weighted by Gasteiger charge is -2.22. The number of rotatable bonds is 4. The summed E-state index contributed by atoms with van der Waals surface area (Å²) in [5.41, 5.74) is 1.86. The topological polar surface area (TPSA) is 0 Å². The van der Waals surface area contributed by atoms with Crippen molar-refractivity contribution in [2.24, 2.45) is 5.41 Å². The average molecular weight is 348 g/mol. The number of benzene rings is 1. The highest BCUT2D eigenvalue weighted by Crippen LogP contribution is 2.30. The summed E-state index contributed by atoms with van der Waals surface area (Å²) < 4.78 is 1.15. The summed E-state index contributed by atoms with van der Waals surface area (Å²) in [5, 5.41) is 1.05. The molecule has 0 nitrogen and oxygen atoms in total. The van der Waals surface area contributed by atoms with Crippen LogP contribution in [0.5, 0.6) is 0 Å². The Morgan fingerprint density at radius 2 is 1.69 bits per heavy atom. The second-order valence-electron chi connectivity index (χ2n) is 5.50. The second kappa shape index (κ2) is 6.20. The van der Waals surface area contributed by atoms with E-state index in [0.29, 0.717) is 11.3 Å². The van der Waals surface area contributed by atoms with E-state index >= 15 is 0 Å². The summed E-state index contributed by atoms with van der Waals surface area (Å²) in [5.74, 6) is 0.632. The first-order valence-corrected chi connectivity index (χ1v) is 7.65. The van der Waals surface area contributed by atoms with Crippen LogP contribution >= 0.6 is 31.9 Å². The Kier molecular flexibility index (Phi) is 5.52. The van der Waals surface area contributed by atoms with Gasteiger partial charge in [0.1, 0.15) is 0 Å². The van der Waals surface area contributed by atoms with E-state index in [4.69, 9.17) is 0 Å². The van der Waals surface area contributed by atoms with Gasteiger partial charge in [0.05, 0.1) is 0 Å². The maximum absolute atomic E-state index is 3.63. The minimum atomic E-state index is 0.426. The zero-order chi connectivity index (χ0) is 12.2. The van der Waals surface area contributed by atoms with Gasteiger partial charge in [-0.3, -0.25) is 0 Å². The summed E-state index contributed by atoms with van der Waals surface area (Å²) in [6.07, 6.45) is 2.51. The Bertz CT molecular complexity index is 309. The largest absolute Gasteiger partial charge is 0.0921 e. The lowest BCUT2D eigenvalue weighted by molar-refractivity contribution is 0.354. The van der Waals surface area contributed by atoms with Gasteiger partial charge in [-0.05, 0) is 41.9 Å². The molecule has 0 saturated heterocycles. The van der Waals surface area contributed by atoms with Crippen LogP contribution < -0.4 is 0 Å². The second-order valence-corrected chi connectivity index (χ2v) is 7.07. The molecule has 2 heteroatoms. The fourth-order valence-electron chi connectivity index (χ4n) is 1.68. The summed E-state index contributed by atoms with van der Waals surface area (Å²) >= 11 is 7.10. The van der Waals surface area contributed by atoms with E-state index in [0.717, 1.165) is 9.80 Å². The Balaban J connectivity index is 2.64. The first kappa shape index (κ1) is 14.2. The maximum Gasteiger partial charge on any atom is 0.0175 e. The van der Waals surface area contributed by atoms with E-state index in [1.807, 2.05) is 0 Å². The molecule has 0 fully saturated rings. The van der Waals surface area contributed by atoms with Gasteiger partial charge < -0.3 is 0 Å². The predicted octanol–water partition coefficient (Wildman–Crippen LogP) is 5.75. The van der Waals surface area contributed by atoms with Gasteiger partial charge in [-0.15, -0.1) is 0 Å². The van der Waals surface area contributed by atoms with Crippen LogP contribution in [0.3, 0.4) is 0 Å². The lowest BCUT2D eigenvalue weighted by Crippen LogP contribution is -2.09. The molecule has 0 amide bonds. The van der Waals surface area contributed by atoms with Crippen LogP contribution in [0.1, 0.15) is 45.1 Å². The van der Waals surface area contributed by atoms with Crippen molar-refractivity contribution in [3.63, 3.8) is 0 Å². The Labute approximate surface area is 116 Å². The van der Waals surface area contributed by atoms with Crippen molar-refractivity contribution in [3.8, 4) is 0 Å². The van der Waals surface area contributed by atoms with Crippen molar-refractivity contribution in [1.29, 1.82) is 0 Å². The van der Waals surface area contributed by atoms with E-state index < -0.39 is 0 Å². The van der Waals surface area contributed by atoms with Crippen LogP contribution in [-0.4, -0.2) is 5.33 Å². The maximum atomic E-state index is 3.63. The van der Waals surface area contributed by atoms with E-state index in [9.17, 15) is 0 Å². The molecular weight excluding hydrogens is 328 g/mol. The summed E-state index contributed by atoms with van der Waals surface area (Å²) in [4.78, 5) is 0.